The molecule has 0 aliphatic rings. The number of para-hydroxylation sites is 1. The third-order valence-corrected chi connectivity index (χ3v) is 4.57. The van der Waals surface area contributed by atoms with E-state index in [0.29, 0.717) is 6.54 Å². The molecule has 0 aliphatic heterocycles. The average Bonchev–Trinajstić information content (AvgIpc) is 3.17. The number of nitrogens with one attached hydrogen (secondary N) is 3. The van der Waals surface area contributed by atoms with E-state index in [9.17, 15) is 0 Å². The fourth-order valence-electron chi connectivity index (χ4n) is 2.52. The van der Waals surface area contributed by atoms with E-state index in [2.05, 4.69) is 56.9 Å². The van der Waals surface area contributed by atoms with Crippen LogP contribution in [0.2, 0.25) is 0 Å². The molecule has 1 aromatic carbocycles. The summed E-state index contributed by atoms with van der Waals surface area (Å²) in [5.41, 5.74) is 2.50. The standard InChI is InChI=1S/C17H21N5S/c1-12-9-21-16(23-12)11-22-17(18-2)19-8-7-13-10-20-15-6-4-3-5-14(13)15/h3-6,9-10,20H,7-8,11H2,1-2H3,(H2,18,19,22). The lowest BCUT2D eigenvalue weighted by atomic mass is 10.1. The van der Waals surface area contributed by atoms with Crippen molar-refractivity contribution >= 4 is 28.2 Å². The third-order valence-electron chi connectivity index (χ3n) is 3.66. The van der Waals surface area contributed by atoms with Gasteiger partial charge in [-0.1, -0.05) is 18.2 Å². The Labute approximate surface area is 139 Å². The van der Waals surface area contributed by atoms with Gasteiger partial charge in [-0.2, -0.15) is 0 Å². The number of hydrogen-bond acceptors (Lipinski definition) is 3. The van der Waals surface area contributed by atoms with Gasteiger partial charge in [-0.05, 0) is 25.0 Å². The lowest BCUT2D eigenvalue weighted by Crippen LogP contribution is -2.37. The Balaban J connectivity index is 1.50. The second-order valence-corrected chi connectivity index (χ2v) is 6.65. The van der Waals surface area contributed by atoms with Crippen molar-refractivity contribution in [2.24, 2.45) is 4.99 Å². The number of aryl methyl sites for hydroxylation is 1. The van der Waals surface area contributed by atoms with Gasteiger partial charge < -0.3 is 15.6 Å². The average molecular weight is 327 g/mol. The minimum absolute atomic E-state index is 0.700. The van der Waals surface area contributed by atoms with Crippen LogP contribution in [0.15, 0.2) is 41.7 Å². The summed E-state index contributed by atoms with van der Waals surface area (Å²) in [7, 11) is 1.79. The van der Waals surface area contributed by atoms with Crippen LogP contribution in [0.5, 0.6) is 0 Å². The Kier molecular flexibility index (Phi) is 4.92. The number of rotatable bonds is 5. The molecule has 120 valence electrons. The molecular formula is C17H21N5S. The Morgan fingerprint density at radius 2 is 2.17 bits per heavy atom. The second kappa shape index (κ2) is 7.28. The predicted octanol–water partition coefficient (Wildman–Crippen LogP) is 2.84. The zero-order chi connectivity index (χ0) is 16.1. The molecular weight excluding hydrogens is 306 g/mol. The lowest BCUT2D eigenvalue weighted by molar-refractivity contribution is 0.793. The molecule has 0 spiro atoms. The molecule has 0 bridgehead atoms. The summed E-state index contributed by atoms with van der Waals surface area (Å²) in [6.45, 7) is 3.60. The minimum Gasteiger partial charge on any atom is -0.361 e. The van der Waals surface area contributed by atoms with Crippen molar-refractivity contribution in [2.75, 3.05) is 13.6 Å². The first kappa shape index (κ1) is 15.6. The highest BCUT2D eigenvalue weighted by atomic mass is 32.1. The first-order chi connectivity index (χ1) is 11.3. The van der Waals surface area contributed by atoms with Gasteiger partial charge in [-0.25, -0.2) is 4.98 Å². The zero-order valence-electron chi connectivity index (χ0n) is 13.4. The Morgan fingerprint density at radius 1 is 1.30 bits per heavy atom. The molecule has 0 radical (unpaired) electrons. The van der Waals surface area contributed by atoms with E-state index in [1.807, 2.05) is 12.3 Å². The number of aliphatic imine (C=N–C) groups is 1. The zero-order valence-corrected chi connectivity index (χ0v) is 14.2. The van der Waals surface area contributed by atoms with Crippen LogP contribution in [0.25, 0.3) is 10.9 Å². The van der Waals surface area contributed by atoms with Crippen LogP contribution in [0.1, 0.15) is 15.4 Å². The van der Waals surface area contributed by atoms with Gasteiger partial charge in [0, 0.05) is 41.8 Å². The molecule has 0 unspecified atom stereocenters. The quantitative estimate of drug-likeness (QED) is 0.499. The molecule has 0 atom stereocenters. The van der Waals surface area contributed by atoms with E-state index in [-0.39, 0.29) is 0 Å². The van der Waals surface area contributed by atoms with Gasteiger partial charge in [0.25, 0.3) is 0 Å². The SMILES string of the molecule is CN=C(NCCc1c[nH]c2ccccc12)NCc1ncc(C)s1. The van der Waals surface area contributed by atoms with Crippen molar-refractivity contribution in [3.05, 3.63) is 52.1 Å². The maximum atomic E-state index is 4.35. The molecule has 6 heteroatoms. The molecule has 3 N–H and O–H groups in total. The van der Waals surface area contributed by atoms with Crippen molar-refractivity contribution in [1.29, 1.82) is 0 Å². The van der Waals surface area contributed by atoms with Gasteiger partial charge >= 0.3 is 0 Å². The summed E-state index contributed by atoms with van der Waals surface area (Å²) in [6.07, 6.45) is 4.93. The molecule has 0 saturated heterocycles. The van der Waals surface area contributed by atoms with Crippen molar-refractivity contribution in [2.45, 2.75) is 19.9 Å². The molecule has 3 rings (SSSR count). The van der Waals surface area contributed by atoms with Crippen LogP contribution in [-0.2, 0) is 13.0 Å². The van der Waals surface area contributed by atoms with Crippen molar-refractivity contribution in [3.8, 4) is 0 Å². The summed E-state index contributed by atoms with van der Waals surface area (Å²) in [5.74, 6) is 0.803. The van der Waals surface area contributed by atoms with Gasteiger partial charge in [-0.15, -0.1) is 11.3 Å². The lowest BCUT2D eigenvalue weighted by Gasteiger charge is -2.10. The molecule has 2 aromatic heterocycles. The summed E-state index contributed by atoms with van der Waals surface area (Å²) in [5, 5.41) is 9.01. The fourth-order valence-corrected chi connectivity index (χ4v) is 3.24. The highest BCUT2D eigenvalue weighted by Crippen LogP contribution is 2.17. The molecule has 23 heavy (non-hydrogen) atoms. The summed E-state index contributed by atoms with van der Waals surface area (Å²) < 4.78 is 0. The smallest absolute Gasteiger partial charge is 0.191 e. The van der Waals surface area contributed by atoms with E-state index in [1.165, 1.54) is 21.3 Å². The van der Waals surface area contributed by atoms with Crippen LogP contribution in [0.3, 0.4) is 0 Å². The van der Waals surface area contributed by atoms with Crippen LogP contribution in [-0.4, -0.2) is 29.5 Å². The molecule has 0 fully saturated rings. The number of H-pyrrole nitrogens is 1. The summed E-state index contributed by atoms with van der Waals surface area (Å²) in [6, 6.07) is 8.37. The maximum Gasteiger partial charge on any atom is 0.191 e. The van der Waals surface area contributed by atoms with Gasteiger partial charge in [0.2, 0.25) is 0 Å². The molecule has 5 nitrogen and oxygen atoms in total. The first-order valence-electron chi connectivity index (χ1n) is 7.67. The number of fused-ring (bicyclic) bond motifs is 1. The third kappa shape index (κ3) is 3.90. The van der Waals surface area contributed by atoms with Crippen LogP contribution < -0.4 is 10.6 Å². The van der Waals surface area contributed by atoms with E-state index in [4.69, 9.17) is 0 Å². The molecule has 0 amide bonds. The number of benzene rings is 1. The number of aromatic nitrogens is 2. The normalized spacial score (nSPS) is 11.8. The largest absolute Gasteiger partial charge is 0.361 e. The van der Waals surface area contributed by atoms with Gasteiger partial charge in [0.05, 0.1) is 6.54 Å². The van der Waals surface area contributed by atoms with E-state index in [1.54, 1.807) is 18.4 Å². The Morgan fingerprint density at radius 3 is 2.96 bits per heavy atom. The Hall–Kier alpha value is -2.34. The Bertz CT molecular complexity index is 802. The molecule has 2 heterocycles. The van der Waals surface area contributed by atoms with Gasteiger partial charge in [-0.3, -0.25) is 4.99 Å². The molecule has 0 aliphatic carbocycles. The topological polar surface area (TPSA) is 65.1 Å². The monoisotopic (exact) mass is 327 g/mol. The number of aromatic amines is 1. The molecule has 0 saturated carbocycles. The first-order valence-corrected chi connectivity index (χ1v) is 8.48. The van der Waals surface area contributed by atoms with Gasteiger partial charge in [0.1, 0.15) is 5.01 Å². The highest BCUT2D eigenvalue weighted by Gasteiger charge is 2.04. The van der Waals surface area contributed by atoms with Crippen LogP contribution in [0, 0.1) is 6.92 Å². The van der Waals surface area contributed by atoms with E-state index < -0.39 is 0 Å². The van der Waals surface area contributed by atoms with E-state index in [0.717, 1.165) is 23.9 Å². The number of hydrogen-bond donors (Lipinski definition) is 3. The number of nitrogens with zero attached hydrogens (tertiary/aromatic N) is 2. The van der Waals surface area contributed by atoms with Crippen LogP contribution in [0.4, 0.5) is 0 Å². The van der Waals surface area contributed by atoms with Crippen LogP contribution >= 0.6 is 11.3 Å². The summed E-state index contributed by atoms with van der Waals surface area (Å²) >= 11 is 1.70. The van der Waals surface area contributed by atoms with Crippen molar-refractivity contribution in [3.63, 3.8) is 0 Å². The van der Waals surface area contributed by atoms with Crippen molar-refractivity contribution in [1.82, 2.24) is 20.6 Å². The predicted molar refractivity (Wildman–Crippen MR) is 97.1 cm³/mol. The number of guanidine groups is 1. The highest BCUT2D eigenvalue weighted by molar-refractivity contribution is 7.11. The minimum atomic E-state index is 0.700. The maximum absolute atomic E-state index is 4.35. The second-order valence-electron chi connectivity index (χ2n) is 5.33. The van der Waals surface area contributed by atoms with E-state index >= 15 is 0 Å². The fraction of sp³-hybridized carbons (Fsp3) is 0.294. The molecule has 3 aromatic rings. The summed E-state index contributed by atoms with van der Waals surface area (Å²) in [4.78, 5) is 13.1. The van der Waals surface area contributed by atoms with Gasteiger partial charge in [0.15, 0.2) is 5.96 Å². The number of thiazole rings is 1. The van der Waals surface area contributed by atoms with Crippen molar-refractivity contribution < 1.29 is 0 Å².